The lowest BCUT2D eigenvalue weighted by Crippen LogP contribution is -2.34. The molecule has 0 bridgehead atoms. The molecule has 0 aliphatic carbocycles. The average molecular weight is 204 g/mol. The summed E-state index contributed by atoms with van der Waals surface area (Å²) in [7, 11) is 6.17. The number of oxime groups is 1. The van der Waals surface area contributed by atoms with Gasteiger partial charge in [0.2, 0.25) is 0 Å². The Morgan fingerprint density at radius 3 is 2.13 bits per heavy atom. The van der Waals surface area contributed by atoms with Gasteiger partial charge >= 0.3 is 0 Å². The van der Waals surface area contributed by atoms with Crippen molar-refractivity contribution >= 4 is 11.4 Å². The first-order valence-corrected chi connectivity index (χ1v) is 4.53. The zero-order chi connectivity index (χ0) is 11.5. The van der Waals surface area contributed by atoms with Crippen LogP contribution in [0.25, 0.3) is 0 Å². The van der Waals surface area contributed by atoms with Gasteiger partial charge in [0.1, 0.15) is 11.8 Å². The van der Waals surface area contributed by atoms with Gasteiger partial charge < -0.3 is 5.21 Å². The third-order valence-electron chi connectivity index (χ3n) is 2.12. The maximum Gasteiger partial charge on any atom is 0.186 e. The van der Waals surface area contributed by atoms with Crippen LogP contribution in [0.15, 0.2) is 29.4 Å². The molecule has 15 heavy (non-hydrogen) atoms. The highest BCUT2D eigenvalue weighted by molar-refractivity contribution is 6.11. The summed E-state index contributed by atoms with van der Waals surface area (Å²) in [5.74, 6) is 0. The van der Waals surface area contributed by atoms with Crippen molar-refractivity contribution in [1.29, 1.82) is 5.26 Å². The average Bonchev–Trinajstić information content (AvgIpc) is 2.19. The minimum absolute atomic E-state index is 0.0305. The summed E-state index contributed by atoms with van der Waals surface area (Å²) in [6.07, 6.45) is 0. The molecule has 1 N–H and O–H groups in total. The second-order valence-electron chi connectivity index (χ2n) is 4.12. The molecule has 0 unspecified atom stereocenters. The molecule has 78 valence electrons. The number of nitriles is 1. The molecule has 0 saturated carbocycles. The van der Waals surface area contributed by atoms with Crippen molar-refractivity contribution in [2.75, 3.05) is 21.1 Å². The van der Waals surface area contributed by atoms with Crippen LogP contribution >= 0.6 is 0 Å². The number of hydrogen-bond acceptors (Lipinski definition) is 3. The van der Waals surface area contributed by atoms with Crippen LogP contribution in [0.1, 0.15) is 5.56 Å². The van der Waals surface area contributed by atoms with E-state index in [2.05, 4.69) is 26.3 Å². The van der Waals surface area contributed by atoms with Crippen LogP contribution in [0.2, 0.25) is 0 Å². The van der Waals surface area contributed by atoms with Gasteiger partial charge in [-0.2, -0.15) is 5.26 Å². The first kappa shape index (κ1) is 11.2. The van der Waals surface area contributed by atoms with Crippen molar-refractivity contribution in [1.82, 2.24) is 4.48 Å². The summed E-state index contributed by atoms with van der Waals surface area (Å²) in [6, 6.07) is 9.20. The predicted octanol–water partition coefficient (Wildman–Crippen LogP) is 1.59. The Hall–Kier alpha value is -1.86. The Morgan fingerprint density at radius 1 is 1.27 bits per heavy atom. The molecule has 0 fully saturated rings. The lowest BCUT2D eigenvalue weighted by atomic mass is 10.1. The van der Waals surface area contributed by atoms with E-state index in [-0.39, 0.29) is 5.71 Å². The van der Waals surface area contributed by atoms with E-state index in [1.54, 1.807) is 12.1 Å². The Labute approximate surface area is 89.3 Å². The van der Waals surface area contributed by atoms with Crippen LogP contribution in [0.5, 0.6) is 0 Å². The summed E-state index contributed by atoms with van der Waals surface area (Å²) >= 11 is 0. The molecule has 0 heterocycles. The fourth-order valence-electron chi connectivity index (χ4n) is 1.21. The van der Waals surface area contributed by atoms with E-state index in [0.29, 0.717) is 10.0 Å². The molecule has 1 rings (SSSR count). The van der Waals surface area contributed by atoms with Gasteiger partial charge in [0.05, 0.1) is 21.1 Å². The third kappa shape index (κ3) is 2.55. The lowest BCUT2D eigenvalue weighted by Gasteiger charge is -2.23. The quantitative estimate of drug-likeness (QED) is 0.344. The molecule has 4 heteroatoms. The van der Waals surface area contributed by atoms with Crippen LogP contribution in [0.3, 0.4) is 0 Å². The van der Waals surface area contributed by atoms with Gasteiger partial charge in [-0.25, -0.2) is 0 Å². The highest BCUT2D eigenvalue weighted by Gasteiger charge is 2.12. The van der Waals surface area contributed by atoms with Crippen molar-refractivity contribution in [2.45, 2.75) is 0 Å². The summed E-state index contributed by atoms with van der Waals surface area (Å²) in [5, 5.41) is 20.2. The van der Waals surface area contributed by atoms with Gasteiger partial charge in [0.25, 0.3) is 0 Å². The highest BCUT2D eigenvalue weighted by Crippen LogP contribution is 2.17. The van der Waals surface area contributed by atoms with Gasteiger partial charge in [0, 0.05) is 5.56 Å². The summed E-state index contributed by atoms with van der Waals surface area (Å²) in [4.78, 5) is 0. The van der Waals surface area contributed by atoms with E-state index < -0.39 is 0 Å². The van der Waals surface area contributed by atoms with E-state index in [0.717, 1.165) is 5.69 Å². The predicted molar refractivity (Wildman–Crippen MR) is 59.9 cm³/mol. The fourth-order valence-corrected chi connectivity index (χ4v) is 1.21. The molecule has 0 atom stereocenters. The Bertz CT molecular complexity index is 407. The van der Waals surface area contributed by atoms with Crippen LogP contribution < -0.4 is 4.48 Å². The van der Waals surface area contributed by atoms with Gasteiger partial charge in [-0.1, -0.05) is 5.16 Å². The molecule has 0 aliphatic heterocycles. The molecule has 0 spiro atoms. The van der Waals surface area contributed by atoms with Crippen LogP contribution in [-0.4, -0.2) is 32.1 Å². The van der Waals surface area contributed by atoms with E-state index in [1.807, 2.05) is 18.2 Å². The second-order valence-corrected chi connectivity index (χ2v) is 4.12. The Morgan fingerprint density at radius 2 is 1.80 bits per heavy atom. The minimum atomic E-state index is 0.0305. The minimum Gasteiger partial charge on any atom is -0.410 e. The van der Waals surface area contributed by atoms with Crippen LogP contribution in [0.4, 0.5) is 5.69 Å². The lowest BCUT2D eigenvalue weighted by molar-refractivity contribution is 0.320. The Balaban J connectivity index is 3.07. The molecule has 4 nitrogen and oxygen atoms in total. The zero-order valence-corrected chi connectivity index (χ0v) is 9.10. The van der Waals surface area contributed by atoms with Gasteiger partial charge in [-0.3, -0.25) is 4.48 Å². The van der Waals surface area contributed by atoms with Crippen molar-refractivity contribution < 1.29 is 5.21 Å². The standard InChI is InChI=1S/C11H13N3O/c1-14(2,3)10-6-4-9(5-7-10)11(8-12)13-15/h4-7H,1-3H3/p+1/b13-11+. The Kier molecular flexibility index (Phi) is 3.08. The normalized spacial score (nSPS) is 12.3. The first-order valence-electron chi connectivity index (χ1n) is 4.53. The molecule has 0 radical (unpaired) electrons. The van der Waals surface area contributed by atoms with E-state index in [4.69, 9.17) is 10.5 Å². The van der Waals surface area contributed by atoms with Crippen LogP contribution in [-0.2, 0) is 0 Å². The fraction of sp³-hybridized carbons (Fsp3) is 0.273. The number of benzene rings is 1. The molecule has 1 aromatic carbocycles. The number of nitrogens with zero attached hydrogens (tertiary/aromatic N) is 3. The number of quaternary nitrogens is 1. The number of rotatable bonds is 2. The maximum absolute atomic E-state index is 8.66. The topological polar surface area (TPSA) is 56.4 Å². The van der Waals surface area contributed by atoms with E-state index in [9.17, 15) is 0 Å². The first-order chi connectivity index (χ1) is 6.99. The molecule has 0 aliphatic rings. The summed E-state index contributed by atoms with van der Waals surface area (Å²) < 4.78 is 0.707. The van der Waals surface area contributed by atoms with Crippen molar-refractivity contribution in [3.05, 3.63) is 29.8 Å². The largest absolute Gasteiger partial charge is 0.410 e. The zero-order valence-electron chi connectivity index (χ0n) is 9.10. The van der Waals surface area contributed by atoms with Gasteiger partial charge in [-0.05, 0) is 24.3 Å². The molecule has 0 saturated heterocycles. The van der Waals surface area contributed by atoms with Crippen molar-refractivity contribution in [3.8, 4) is 6.07 Å². The van der Waals surface area contributed by atoms with E-state index in [1.165, 1.54) is 0 Å². The SMILES string of the molecule is C[N+](C)(C)c1ccc(/C(C#N)=N/O)cc1. The molecule has 1 aromatic rings. The van der Waals surface area contributed by atoms with Gasteiger partial charge in [-0.15, -0.1) is 0 Å². The second kappa shape index (κ2) is 4.11. The monoisotopic (exact) mass is 204 g/mol. The van der Waals surface area contributed by atoms with Crippen molar-refractivity contribution in [2.24, 2.45) is 5.16 Å². The summed E-state index contributed by atoms with van der Waals surface area (Å²) in [6.45, 7) is 0. The van der Waals surface area contributed by atoms with Crippen molar-refractivity contribution in [3.63, 3.8) is 0 Å². The molecule has 0 aromatic heterocycles. The maximum atomic E-state index is 8.66. The third-order valence-corrected chi connectivity index (χ3v) is 2.12. The van der Waals surface area contributed by atoms with Crippen LogP contribution in [0, 0.1) is 11.3 Å². The smallest absolute Gasteiger partial charge is 0.186 e. The molecular weight excluding hydrogens is 190 g/mol. The molecular formula is C11H14N3O+. The van der Waals surface area contributed by atoms with E-state index >= 15 is 0 Å². The summed E-state index contributed by atoms with van der Waals surface area (Å²) in [5.41, 5.74) is 1.77. The molecule has 0 amide bonds. The van der Waals surface area contributed by atoms with Gasteiger partial charge in [0.15, 0.2) is 5.71 Å². The number of hydrogen-bond donors (Lipinski definition) is 1. The highest BCUT2D eigenvalue weighted by atomic mass is 16.4.